The molecule has 7 heteroatoms. The molecule has 1 aromatic heterocycles. The van der Waals surface area contributed by atoms with Gasteiger partial charge in [0.05, 0.1) is 5.76 Å². The second-order valence-electron chi connectivity index (χ2n) is 5.69. The highest BCUT2D eigenvalue weighted by atomic mass is 16.7. The van der Waals surface area contributed by atoms with Gasteiger partial charge in [0.1, 0.15) is 5.60 Å². The van der Waals surface area contributed by atoms with Crippen LogP contribution in [0.15, 0.2) is 54.9 Å². The molecule has 1 fully saturated rings. The van der Waals surface area contributed by atoms with E-state index < -0.39 is 12.7 Å². The number of nitrogens with one attached hydrogen (secondary N) is 1. The lowest BCUT2D eigenvalue weighted by Crippen LogP contribution is -2.34. The molecule has 1 aromatic carbocycles. The third-order valence-corrected chi connectivity index (χ3v) is 3.57. The zero-order chi connectivity index (χ0) is 16.4. The summed E-state index contributed by atoms with van der Waals surface area (Å²) < 4.78 is 11.4. The van der Waals surface area contributed by atoms with E-state index in [4.69, 9.17) is 9.31 Å². The summed E-state index contributed by atoms with van der Waals surface area (Å²) in [6, 6.07) is 10.5. The molecule has 23 heavy (non-hydrogen) atoms. The Hall–Kier alpha value is -2.67. The minimum Gasteiger partial charge on any atom is -0.534 e. The normalized spacial score (nSPS) is 16.1. The van der Waals surface area contributed by atoms with Crippen LogP contribution in [0.4, 0.5) is 5.69 Å². The van der Waals surface area contributed by atoms with Gasteiger partial charge in [0.15, 0.2) is 5.69 Å². The molecule has 116 valence electrons. The number of rotatable bonds is 3. The number of nitrogens with zero attached hydrogens (tertiary/aromatic N) is 2. The summed E-state index contributed by atoms with van der Waals surface area (Å²) in [6.45, 7) is 7.67. The maximum atomic E-state index is 12.0. The summed E-state index contributed by atoms with van der Waals surface area (Å²) in [5.41, 5.74) is 1.26. The first-order chi connectivity index (χ1) is 11.0. The Morgan fingerprint density at radius 2 is 2.00 bits per heavy atom. The number of amides is 1. The van der Waals surface area contributed by atoms with E-state index in [-0.39, 0.29) is 11.6 Å². The Kier molecular flexibility index (Phi) is 3.88. The lowest BCUT2D eigenvalue weighted by Gasteiger charge is -2.15. The van der Waals surface area contributed by atoms with Crippen molar-refractivity contribution in [3.05, 3.63) is 60.6 Å². The number of carbonyl (C=O) groups is 1. The Balaban J connectivity index is 1.68. The van der Waals surface area contributed by atoms with E-state index in [1.54, 1.807) is 24.3 Å². The van der Waals surface area contributed by atoms with Crippen LogP contribution in [0.1, 0.15) is 24.3 Å². The number of hydrogen-bond donors (Lipinski definition) is 1. The summed E-state index contributed by atoms with van der Waals surface area (Å²) in [5.74, 6) is 0.288. The molecular formula is C16H16BN3O3. The Morgan fingerprint density at radius 3 is 2.57 bits per heavy atom. The number of aromatic nitrogens is 2. The summed E-state index contributed by atoms with van der Waals surface area (Å²) in [5, 5.41) is 10.2. The Bertz CT molecular complexity index is 732. The molecule has 0 unspecified atom stereocenters. The topological polar surface area (TPSA) is 73.3 Å². The van der Waals surface area contributed by atoms with Gasteiger partial charge in [-0.2, -0.15) is 5.10 Å². The van der Waals surface area contributed by atoms with Gasteiger partial charge >= 0.3 is 7.12 Å². The molecule has 1 amide bonds. The van der Waals surface area contributed by atoms with Crippen molar-refractivity contribution in [1.29, 1.82) is 0 Å². The molecule has 1 saturated heterocycles. The molecule has 0 radical (unpaired) electrons. The first-order valence-corrected chi connectivity index (χ1v) is 7.18. The maximum Gasteiger partial charge on any atom is 0.563 e. The van der Waals surface area contributed by atoms with E-state index in [1.807, 2.05) is 26.0 Å². The Labute approximate surface area is 134 Å². The monoisotopic (exact) mass is 309 g/mol. The summed E-state index contributed by atoms with van der Waals surface area (Å²) >= 11 is 0. The highest BCUT2D eigenvalue weighted by Gasteiger charge is 2.42. The molecule has 3 rings (SSSR count). The summed E-state index contributed by atoms with van der Waals surface area (Å²) in [6.07, 6.45) is 1.52. The van der Waals surface area contributed by atoms with Crippen molar-refractivity contribution < 1.29 is 14.1 Å². The average molecular weight is 309 g/mol. The molecule has 1 N–H and O–H groups in total. The van der Waals surface area contributed by atoms with Crippen molar-refractivity contribution in [2.24, 2.45) is 0 Å². The van der Waals surface area contributed by atoms with E-state index in [0.29, 0.717) is 11.4 Å². The number of hydrogen-bond acceptors (Lipinski definition) is 5. The van der Waals surface area contributed by atoms with Gasteiger partial charge in [-0.05, 0) is 43.6 Å². The van der Waals surface area contributed by atoms with Crippen molar-refractivity contribution in [2.75, 3.05) is 5.32 Å². The summed E-state index contributed by atoms with van der Waals surface area (Å²) in [7, 11) is -0.484. The van der Waals surface area contributed by atoms with E-state index in [9.17, 15) is 4.79 Å². The predicted molar refractivity (Wildman–Crippen MR) is 87.2 cm³/mol. The standard InChI is InChI=1S/C16H16BN3O3/c1-11-16(2,3)23-17(22-11)12-6-8-13(9-7-12)19-15(21)14-5-4-10-18-20-14/h4-10H,1H2,2-3H3,(H,19,21). The molecule has 1 aliphatic heterocycles. The molecule has 2 aromatic rings. The molecule has 0 saturated carbocycles. The number of anilines is 1. The van der Waals surface area contributed by atoms with E-state index in [0.717, 1.165) is 5.46 Å². The van der Waals surface area contributed by atoms with Crippen LogP contribution in [0.25, 0.3) is 0 Å². The van der Waals surface area contributed by atoms with Crippen LogP contribution in [-0.2, 0) is 9.31 Å². The number of carbonyl (C=O) groups excluding carboxylic acids is 1. The van der Waals surface area contributed by atoms with Gasteiger partial charge in [-0.25, -0.2) is 0 Å². The van der Waals surface area contributed by atoms with Gasteiger partial charge in [-0.1, -0.05) is 18.7 Å². The van der Waals surface area contributed by atoms with Gasteiger partial charge in [-0.3, -0.25) is 4.79 Å². The van der Waals surface area contributed by atoms with Crippen molar-refractivity contribution >= 4 is 24.2 Å². The lowest BCUT2D eigenvalue weighted by molar-refractivity contribution is 0.102. The maximum absolute atomic E-state index is 12.0. The van der Waals surface area contributed by atoms with E-state index in [1.165, 1.54) is 6.20 Å². The highest BCUT2D eigenvalue weighted by Crippen LogP contribution is 2.29. The lowest BCUT2D eigenvalue weighted by atomic mass is 9.79. The first-order valence-electron chi connectivity index (χ1n) is 7.18. The fraction of sp³-hybridized carbons (Fsp3) is 0.188. The molecular weight excluding hydrogens is 293 g/mol. The minimum atomic E-state index is -0.510. The van der Waals surface area contributed by atoms with Gasteiger partial charge in [0.25, 0.3) is 5.91 Å². The van der Waals surface area contributed by atoms with E-state index >= 15 is 0 Å². The number of benzene rings is 1. The van der Waals surface area contributed by atoms with Gasteiger partial charge in [-0.15, -0.1) is 5.10 Å². The third-order valence-electron chi connectivity index (χ3n) is 3.57. The van der Waals surface area contributed by atoms with E-state index in [2.05, 4.69) is 22.1 Å². The van der Waals surface area contributed by atoms with Crippen LogP contribution in [0, 0.1) is 0 Å². The molecule has 0 bridgehead atoms. The Morgan fingerprint density at radius 1 is 1.26 bits per heavy atom. The van der Waals surface area contributed by atoms with Gasteiger partial charge in [0.2, 0.25) is 0 Å². The van der Waals surface area contributed by atoms with Crippen LogP contribution >= 0.6 is 0 Å². The van der Waals surface area contributed by atoms with Crippen LogP contribution in [0.3, 0.4) is 0 Å². The molecule has 2 heterocycles. The molecule has 0 atom stereocenters. The van der Waals surface area contributed by atoms with Crippen LogP contribution in [0.5, 0.6) is 0 Å². The fourth-order valence-electron chi connectivity index (χ4n) is 2.11. The predicted octanol–water partition coefficient (Wildman–Crippen LogP) is 1.76. The van der Waals surface area contributed by atoms with Crippen LogP contribution < -0.4 is 10.8 Å². The SMILES string of the molecule is C=C1OB(c2ccc(NC(=O)c3cccnn3)cc2)OC1(C)C. The smallest absolute Gasteiger partial charge is 0.534 e. The zero-order valence-electron chi connectivity index (χ0n) is 12.9. The van der Waals surface area contributed by atoms with Gasteiger partial charge in [0, 0.05) is 11.9 Å². The average Bonchev–Trinajstić information content (AvgIpc) is 2.82. The molecule has 1 aliphatic rings. The van der Waals surface area contributed by atoms with Gasteiger partial charge < -0.3 is 14.6 Å². The summed E-state index contributed by atoms with van der Waals surface area (Å²) in [4.78, 5) is 12.0. The largest absolute Gasteiger partial charge is 0.563 e. The molecule has 0 aliphatic carbocycles. The van der Waals surface area contributed by atoms with Crippen molar-refractivity contribution in [3.8, 4) is 0 Å². The van der Waals surface area contributed by atoms with Crippen molar-refractivity contribution in [1.82, 2.24) is 10.2 Å². The fourth-order valence-corrected chi connectivity index (χ4v) is 2.11. The highest BCUT2D eigenvalue weighted by molar-refractivity contribution is 6.62. The third kappa shape index (κ3) is 3.24. The van der Waals surface area contributed by atoms with Crippen LogP contribution in [-0.4, -0.2) is 28.8 Å². The minimum absolute atomic E-state index is 0.261. The first kappa shape index (κ1) is 15.2. The second-order valence-corrected chi connectivity index (χ2v) is 5.69. The molecule has 0 spiro atoms. The molecule has 6 nitrogen and oxygen atoms in total. The quantitative estimate of drug-likeness (QED) is 0.875. The second kappa shape index (κ2) is 5.85. The van der Waals surface area contributed by atoms with Crippen LogP contribution in [0.2, 0.25) is 0 Å². The van der Waals surface area contributed by atoms with Crippen molar-refractivity contribution in [3.63, 3.8) is 0 Å². The zero-order valence-corrected chi connectivity index (χ0v) is 12.9. The van der Waals surface area contributed by atoms with Crippen molar-refractivity contribution in [2.45, 2.75) is 19.4 Å².